The van der Waals surface area contributed by atoms with Gasteiger partial charge in [0.1, 0.15) is 5.78 Å². The lowest BCUT2D eigenvalue weighted by Gasteiger charge is -1.89. The van der Waals surface area contributed by atoms with Gasteiger partial charge in [-0.15, -0.1) is 0 Å². The van der Waals surface area contributed by atoms with E-state index in [2.05, 4.69) is 0 Å². The molecule has 2 amide bonds. The van der Waals surface area contributed by atoms with Crippen molar-refractivity contribution in [1.82, 2.24) is 0 Å². The second-order valence-electron chi connectivity index (χ2n) is 4.37. The Morgan fingerprint density at radius 2 is 0.864 bits per heavy atom. The van der Waals surface area contributed by atoms with Gasteiger partial charge in [-0.3, -0.25) is 9.59 Å². The fourth-order valence-corrected chi connectivity index (χ4v) is 1.20. The number of carbonyl (C=O) groups is 3. The van der Waals surface area contributed by atoms with E-state index in [0.717, 1.165) is 0 Å². The van der Waals surface area contributed by atoms with E-state index in [9.17, 15) is 14.4 Å². The van der Waals surface area contributed by atoms with Crippen LogP contribution in [0.15, 0.2) is 60.7 Å². The minimum atomic E-state index is -0.379. The number of hydrogen-bond donors (Lipinski definition) is 2. The predicted octanol–water partition coefficient (Wildman–Crippen LogP) is 2.17. The van der Waals surface area contributed by atoms with Gasteiger partial charge >= 0.3 is 0 Å². The minimum absolute atomic E-state index is 0.167. The van der Waals surface area contributed by atoms with E-state index in [1.165, 1.54) is 13.8 Å². The Morgan fingerprint density at radius 1 is 0.636 bits per heavy atom. The van der Waals surface area contributed by atoms with Crippen LogP contribution in [0, 0.1) is 0 Å². The van der Waals surface area contributed by atoms with Gasteiger partial charge in [0.15, 0.2) is 0 Å². The first kappa shape index (κ1) is 19.1. The molecule has 0 spiro atoms. The highest BCUT2D eigenvalue weighted by molar-refractivity contribution is 5.93. The molecule has 0 heterocycles. The smallest absolute Gasteiger partial charge is 0.248 e. The van der Waals surface area contributed by atoms with Gasteiger partial charge < -0.3 is 16.3 Å². The van der Waals surface area contributed by atoms with Crippen molar-refractivity contribution >= 4 is 17.6 Å². The molecule has 2 aromatic carbocycles. The summed E-state index contributed by atoms with van der Waals surface area (Å²) in [6.45, 7) is 3.06. The molecule has 0 aliphatic heterocycles. The second kappa shape index (κ2) is 10.8. The maximum absolute atomic E-state index is 10.4. The third kappa shape index (κ3) is 9.91. The Morgan fingerprint density at radius 3 is 1.00 bits per heavy atom. The molecule has 0 atom stereocenters. The van der Waals surface area contributed by atoms with E-state index in [1.807, 2.05) is 12.1 Å². The summed E-state index contributed by atoms with van der Waals surface area (Å²) in [5.41, 5.74) is 11.1. The van der Waals surface area contributed by atoms with Crippen LogP contribution in [-0.4, -0.2) is 17.6 Å². The molecule has 0 aromatic heterocycles. The fourth-order valence-electron chi connectivity index (χ4n) is 1.20. The van der Waals surface area contributed by atoms with Gasteiger partial charge in [0, 0.05) is 11.1 Å². The zero-order valence-corrected chi connectivity index (χ0v) is 12.7. The third-order valence-corrected chi connectivity index (χ3v) is 2.12. The van der Waals surface area contributed by atoms with Crippen LogP contribution < -0.4 is 11.5 Å². The van der Waals surface area contributed by atoms with Gasteiger partial charge in [-0.05, 0) is 38.1 Å². The highest BCUT2D eigenvalue weighted by Gasteiger charge is 1.94. The monoisotopic (exact) mass is 300 g/mol. The lowest BCUT2D eigenvalue weighted by atomic mass is 10.2. The first-order valence-electron chi connectivity index (χ1n) is 6.51. The standard InChI is InChI=1S/2C7H7NO.C3H6O/c2*8-7(9)6-4-2-1-3-5-6;1-3(2)4/h2*1-5H,(H2,8,9);1-2H3. The summed E-state index contributed by atoms with van der Waals surface area (Å²) in [6.07, 6.45) is 0. The van der Waals surface area contributed by atoms with Crippen molar-refractivity contribution in [3.63, 3.8) is 0 Å². The summed E-state index contributed by atoms with van der Waals surface area (Å²) < 4.78 is 0. The minimum Gasteiger partial charge on any atom is -0.366 e. The topological polar surface area (TPSA) is 103 Å². The molecule has 0 fully saturated rings. The first-order chi connectivity index (χ1) is 10.3. The lowest BCUT2D eigenvalue weighted by molar-refractivity contribution is -0.115. The Hall–Kier alpha value is -2.95. The number of nitrogens with two attached hydrogens (primary N) is 2. The molecule has 22 heavy (non-hydrogen) atoms. The molecule has 116 valence electrons. The van der Waals surface area contributed by atoms with E-state index in [1.54, 1.807) is 48.5 Å². The zero-order chi connectivity index (χ0) is 17.0. The zero-order valence-electron chi connectivity index (χ0n) is 12.7. The molecule has 4 N–H and O–H groups in total. The van der Waals surface area contributed by atoms with Gasteiger partial charge in [-0.1, -0.05) is 36.4 Å². The Labute approximate surface area is 129 Å². The quantitative estimate of drug-likeness (QED) is 0.888. The average Bonchev–Trinajstić information content (AvgIpc) is 2.49. The summed E-state index contributed by atoms with van der Waals surface area (Å²) >= 11 is 0. The number of rotatable bonds is 2. The molecule has 5 heteroatoms. The van der Waals surface area contributed by atoms with Crippen molar-refractivity contribution in [3.8, 4) is 0 Å². The highest BCUT2D eigenvalue weighted by atomic mass is 16.1. The molecular formula is C17H20N2O3. The molecule has 0 aliphatic rings. The van der Waals surface area contributed by atoms with Crippen molar-refractivity contribution in [2.45, 2.75) is 13.8 Å². The molecule has 0 saturated carbocycles. The summed E-state index contributed by atoms with van der Waals surface area (Å²) in [5, 5.41) is 0. The largest absolute Gasteiger partial charge is 0.366 e. The normalized spacial score (nSPS) is 8.45. The van der Waals surface area contributed by atoms with Crippen LogP contribution in [0.4, 0.5) is 0 Å². The van der Waals surface area contributed by atoms with Crippen LogP contribution in [0.2, 0.25) is 0 Å². The Kier molecular flexibility index (Phi) is 9.35. The molecule has 0 bridgehead atoms. The van der Waals surface area contributed by atoms with Crippen molar-refractivity contribution in [2.75, 3.05) is 0 Å². The molecule has 2 aromatic rings. The predicted molar refractivity (Wildman–Crippen MR) is 86.3 cm³/mol. The van der Waals surface area contributed by atoms with Crippen molar-refractivity contribution < 1.29 is 14.4 Å². The van der Waals surface area contributed by atoms with Gasteiger partial charge in [0.2, 0.25) is 11.8 Å². The number of primary amides is 2. The van der Waals surface area contributed by atoms with Gasteiger partial charge in [0.05, 0.1) is 0 Å². The fraction of sp³-hybridized carbons (Fsp3) is 0.118. The van der Waals surface area contributed by atoms with E-state index in [0.29, 0.717) is 11.1 Å². The maximum atomic E-state index is 10.4. The van der Waals surface area contributed by atoms with Crippen molar-refractivity contribution in [3.05, 3.63) is 71.8 Å². The van der Waals surface area contributed by atoms with Crippen LogP contribution >= 0.6 is 0 Å². The van der Waals surface area contributed by atoms with Crippen molar-refractivity contribution in [2.24, 2.45) is 11.5 Å². The number of ketones is 1. The van der Waals surface area contributed by atoms with E-state index < -0.39 is 0 Å². The molecule has 0 saturated heterocycles. The molecule has 0 aliphatic carbocycles. The summed E-state index contributed by atoms with van der Waals surface area (Å²) in [4.78, 5) is 30.3. The van der Waals surface area contributed by atoms with Crippen LogP contribution in [-0.2, 0) is 4.79 Å². The van der Waals surface area contributed by atoms with Crippen LogP contribution in [0.3, 0.4) is 0 Å². The number of Topliss-reactive ketones (excluding diaryl/α,β-unsaturated/α-hetero) is 1. The summed E-state index contributed by atoms with van der Waals surface area (Å²) in [7, 11) is 0. The van der Waals surface area contributed by atoms with Gasteiger partial charge in [0.25, 0.3) is 0 Å². The summed E-state index contributed by atoms with van der Waals surface area (Å²) in [6, 6.07) is 17.5. The van der Waals surface area contributed by atoms with Crippen LogP contribution in [0.1, 0.15) is 34.6 Å². The van der Waals surface area contributed by atoms with E-state index in [4.69, 9.17) is 11.5 Å². The number of amides is 2. The molecule has 2 rings (SSSR count). The van der Waals surface area contributed by atoms with Gasteiger partial charge in [-0.25, -0.2) is 0 Å². The third-order valence-electron chi connectivity index (χ3n) is 2.12. The lowest BCUT2D eigenvalue weighted by Crippen LogP contribution is -2.09. The Balaban J connectivity index is 0.000000326. The number of carbonyl (C=O) groups excluding carboxylic acids is 3. The SMILES string of the molecule is CC(C)=O.NC(=O)c1ccccc1.NC(=O)c1ccccc1. The number of benzene rings is 2. The Bertz CT molecular complexity index is 542. The molecule has 5 nitrogen and oxygen atoms in total. The molecule has 0 radical (unpaired) electrons. The molecule has 0 unspecified atom stereocenters. The highest BCUT2D eigenvalue weighted by Crippen LogP contribution is 1.95. The van der Waals surface area contributed by atoms with Crippen LogP contribution in [0.25, 0.3) is 0 Å². The van der Waals surface area contributed by atoms with E-state index in [-0.39, 0.29) is 17.6 Å². The second-order valence-corrected chi connectivity index (χ2v) is 4.37. The molecular weight excluding hydrogens is 280 g/mol. The van der Waals surface area contributed by atoms with E-state index >= 15 is 0 Å². The first-order valence-corrected chi connectivity index (χ1v) is 6.51. The van der Waals surface area contributed by atoms with Gasteiger partial charge in [-0.2, -0.15) is 0 Å². The summed E-state index contributed by atoms with van der Waals surface area (Å²) in [5.74, 6) is -0.591. The van der Waals surface area contributed by atoms with Crippen molar-refractivity contribution in [1.29, 1.82) is 0 Å². The average molecular weight is 300 g/mol. The number of hydrogen-bond acceptors (Lipinski definition) is 3. The van der Waals surface area contributed by atoms with Crippen LogP contribution in [0.5, 0.6) is 0 Å². The maximum Gasteiger partial charge on any atom is 0.248 e.